The van der Waals surface area contributed by atoms with Gasteiger partial charge in [-0.05, 0) is 31.7 Å². The summed E-state index contributed by atoms with van der Waals surface area (Å²) in [7, 11) is 1.74. The van der Waals surface area contributed by atoms with E-state index >= 15 is 0 Å². The van der Waals surface area contributed by atoms with E-state index in [1.54, 1.807) is 30.2 Å². The molecule has 1 unspecified atom stereocenters. The van der Waals surface area contributed by atoms with Crippen LogP contribution in [0.2, 0.25) is 0 Å². The van der Waals surface area contributed by atoms with Crippen molar-refractivity contribution in [1.82, 2.24) is 9.88 Å². The van der Waals surface area contributed by atoms with Gasteiger partial charge in [0.05, 0.1) is 23.1 Å². The summed E-state index contributed by atoms with van der Waals surface area (Å²) in [6.45, 7) is 4.07. The quantitative estimate of drug-likeness (QED) is 0.890. The van der Waals surface area contributed by atoms with E-state index in [0.29, 0.717) is 30.3 Å². The lowest BCUT2D eigenvalue weighted by Gasteiger charge is -2.17. The molecule has 0 spiro atoms. The van der Waals surface area contributed by atoms with Crippen LogP contribution in [-0.4, -0.2) is 40.6 Å². The molecule has 0 fully saturated rings. The Morgan fingerprint density at radius 2 is 2.33 bits per heavy atom. The molecule has 2 aromatic heterocycles. The van der Waals surface area contributed by atoms with Gasteiger partial charge in [0.1, 0.15) is 5.76 Å². The maximum atomic E-state index is 12.1. The van der Waals surface area contributed by atoms with Crippen molar-refractivity contribution in [2.75, 3.05) is 13.6 Å². The number of aliphatic hydroxyl groups excluding tert-OH is 1. The van der Waals surface area contributed by atoms with Gasteiger partial charge in [-0.3, -0.25) is 4.79 Å². The second-order valence-electron chi connectivity index (χ2n) is 5.13. The molecule has 6 heteroatoms. The molecule has 5 nitrogen and oxygen atoms in total. The number of carbonyl (C=O) groups is 1. The number of hydrogen-bond donors (Lipinski definition) is 1. The molecule has 0 aliphatic carbocycles. The molecule has 1 N–H and O–H groups in total. The van der Waals surface area contributed by atoms with Crippen LogP contribution >= 0.6 is 11.3 Å². The van der Waals surface area contributed by atoms with Crippen LogP contribution in [0.3, 0.4) is 0 Å². The third-order valence-electron chi connectivity index (χ3n) is 3.25. The first-order valence-electron chi connectivity index (χ1n) is 6.89. The van der Waals surface area contributed by atoms with Crippen molar-refractivity contribution >= 4 is 17.2 Å². The molecule has 0 aliphatic heterocycles. The number of carbonyl (C=O) groups excluding carboxylic acids is 1. The minimum absolute atomic E-state index is 0.0234. The largest absolute Gasteiger partial charge is 0.440 e. The summed E-state index contributed by atoms with van der Waals surface area (Å²) >= 11 is 1.56. The highest BCUT2D eigenvalue weighted by atomic mass is 32.1. The van der Waals surface area contributed by atoms with Crippen LogP contribution in [0.25, 0.3) is 10.8 Å². The van der Waals surface area contributed by atoms with Gasteiger partial charge in [0.25, 0.3) is 0 Å². The average Bonchev–Trinajstić information content (AvgIpc) is 3.06. The Hall–Kier alpha value is -1.66. The van der Waals surface area contributed by atoms with E-state index in [4.69, 9.17) is 4.42 Å². The van der Waals surface area contributed by atoms with E-state index in [1.807, 2.05) is 24.4 Å². The lowest BCUT2D eigenvalue weighted by Crippen LogP contribution is -2.30. The minimum atomic E-state index is -0.403. The molecule has 0 saturated carbocycles. The van der Waals surface area contributed by atoms with Crippen LogP contribution in [0, 0.1) is 6.92 Å². The van der Waals surface area contributed by atoms with Gasteiger partial charge in [-0.25, -0.2) is 4.98 Å². The van der Waals surface area contributed by atoms with Crippen molar-refractivity contribution in [1.29, 1.82) is 0 Å². The molecule has 1 atom stereocenters. The number of aromatic nitrogens is 1. The fraction of sp³-hybridized carbons (Fsp3) is 0.467. The van der Waals surface area contributed by atoms with Crippen LogP contribution in [-0.2, 0) is 11.2 Å². The number of nitrogens with zero attached hydrogens (tertiary/aromatic N) is 2. The fourth-order valence-electron chi connectivity index (χ4n) is 1.88. The van der Waals surface area contributed by atoms with Gasteiger partial charge >= 0.3 is 0 Å². The van der Waals surface area contributed by atoms with Crippen LogP contribution < -0.4 is 0 Å². The van der Waals surface area contributed by atoms with Crippen molar-refractivity contribution in [3.8, 4) is 10.8 Å². The fourth-order valence-corrected chi connectivity index (χ4v) is 2.53. The van der Waals surface area contributed by atoms with Crippen molar-refractivity contribution in [2.45, 2.75) is 32.8 Å². The zero-order valence-electron chi connectivity index (χ0n) is 12.5. The number of oxazole rings is 1. The molecule has 1 amide bonds. The van der Waals surface area contributed by atoms with Gasteiger partial charge in [-0.1, -0.05) is 6.07 Å². The smallest absolute Gasteiger partial charge is 0.236 e. The molecule has 0 saturated heterocycles. The predicted octanol–water partition coefficient (Wildman–Crippen LogP) is 2.48. The van der Waals surface area contributed by atoms with Crippen LogP contribution in [0.15, 0.2) is 21.9 Å². The van der Waals surface area contributed by atoms with E-state index in [9.17, 15) is 9.90 Å². The summed E-state index contributed by atoms with van der Waals surface area (Å²) in [6.07, 6.45) is 0.386. The number of amides is 1. The van der Waals surface area contributed by atoms with E-state index in [-0.39, 0.29) is 12.3 Å². The Morgan fingerprint density at radius 1 is 1.57 bits per heavy atom. The lowest BCUT2D eigenvalue weighted by atomic mass is 10.2. The minimum Gasteiger partial charge on any atom is -0.440 e. The Morgan fingerprint density at radius 3 is 2.95 bits per heavy atom. The summed E-state index contributed by atoms with van der Waals surface area (Å²) in [5.41, 5.74) is 0.673. The van der Waals surface area contributed by atoms with Gasteiger partial charge in [0, 0.05) is 13.6 Å². The van der Waals surface area contributed by atoms with E-state index in [2.05, 4.69) is 4.98 Å². The lowest BCUT2D eigenvalue weighted by molar-refractivity contribution is -0.129. The number of aryl methyl sites for hydroxylation is 1. The topological polar surface area (TPSA) is 66.6 Å². The number of aliphatic hydroxyl groups is 1. The third-order valence-corrected chi connectivity index (χ3v) is 4.11. The molecule has 0 radical (unpaired) electrons. The molecular formula is C15H20N2O3S. The SMILES string of the molecule is Cc1oc(-c2cccs2)nc1CC(=O)N(C)CCC(C)O. The molecular weight excluding hydrogens is 288 g/mol. The monoisotopic (exact) mass is 308 g/mol. The maximum absolute atomic E-state index is 12.1. The maximum Gasteiger partial charge on any atom is 0.236 e. The second-order valence-corrected chi connectivity index (χ2v) is 6.08. The van der Waals surface area contributed by atoms with Crippen molar-refractivity contribution in [2.24, 2.45) is 0 Å². The van der Waals surface area contributed by atoms with Gasteiger partial charge in [0.15, 0.2) is 0 Å². The summed E-state index contributed by atoms with van der Waals surface area (Å²) in [4.78, 5) is 19.1. The summed E-state index contributed by atoms with van der Waals surface area (Å²) in [5, 5.41) is 11.2. The van der Waals surface area contributed by atoms with E-state index in [1.165, 1.54) is 0 Å². The van der Waals surface area contributed by atoms with E-state index in [0.717, 1.165) is 4.88 Å². The predicted molar refractivity (Wildman–Crippen MR) is 82.2 cm³/mol. The molecule has 0 bridgehead atoms. The van der Waals surface area contributed by atoms with Gasteiger partial charge < -0.3 is 14.4 Å². The average molecular weight is 308 g/mol. The highest BCUT2D eigenvalue weighted by molar-refractivity contribution is 7.13. The Bertz CT molecular complexity index is 590. The van der Waals surface area contributed by atoms with E-state index < -0.39 is 6.10 Å². The standard InChI is InChI=1S/C15H20N2O3S/c1-10(18)6-7-17(3)14(19)9-12-11(2)20-15(16-12)13-5-4-8-21-13/h4-5,8,10,18H,6-7,9H2,1-3H3. The summed E-state index contributed by atoms with van der Waals surface area (Å²) in [5.74, 6) is 1.22. The van der Waals surface area contributed by atoms with Crippen LogP contribution in [0.4, 0.5) is 0 Å². The zero-order chi connectivity index (χ0) is 15.4. The third kappa shape index (κ3) is 4.15. The zero-order valence-corrected chi connectivity index (χ0v) is 13.3. The van der Waals surface area contributed by atoms with Crippen molar-refractivity contribution in [3.63, 3.8) is 0 Å². The van der Waals surface area contributed by atoms with Crippen LogP contribution in [0.1, 0.15) is 24.8 Å². The van der Waals surface area contributed by atoms with Crippen LogP contribution in [0.5, 0.6) is 0 Å². The molecule has 2 heterocycles. The number of hydrogen-bond acceptors (Lipinski definition) is 5. The Kier molecular flexibility index (Phi) is 5.14. The molecule has 0 aromatic carbocycles. The van der Waals surface area contributed by atoms with Crippen molar-refractivity contribution in [3.05, 3.63) is 29.0 Å². The summed E-state index contributed by atoms with van der Waals surface area (Å²) in [6, 6.07) is 3.88. The van der Waals surface area contributed by atoms with Gasteiger partial charge in [-0.2, -0.15) is 0 Å². The van der Waals surface area contributed by atoms with Crippen molar-refractivity contribution < 1.29 is 14.3 Å². The molecule has 0 aliphatic rings. The number of rotatable bonds is 6. The summed E-state index contributed by atoms with van der Waals surface area (Å²) < 4.78 is 5.63. The highest BCUT2D eigenvalue weighted by Crippen LogP contribution is 2.26. The first-order chi connectivity index (χ1) is 9.97. The number of likely N-dealkylation sites (N-methyl/N-ethyl adjacent to an activating group) is 1. The molecule has 114 valence electrons. The molecule has 21 heavy (non-hydrogen) atoms. The first-order valence-corrected chi connectivity index (χ1v) is 7.77. The number of thiophene rings is 1. The Labute approximate surface area is 128 Å². The highest BCUT2D eigenvalue weighted by Gasteiger charge is 2.17. The Balaban J connectivity index is 2.01. The van der Waals surface area contributed by atoms with Gasteiger partial charge in [-0.15, -0.1) is 11.3 Å². The molecule has 2 rings (SSSR count). The first kappa shape index (κ1) is 15.7. The normalized spacial score (nSPS) is 12.4. The second kappa shape index (κ2) is 6.87. The van der Waals surface area contributed by atoms with Gasteiger partial charge in [0.2, 0.25) is 11.8 Å². The molecule has 2 aromatic rings.